The number of nitrogens with zero attached hydrogens (tertiary/aromatic N) is 1. The molecule has 2 N–H and O–H groups in total. The molecule has 1 heterocycles. The average Bonchev–Trinajstić information content (AvgIpc) is 3.00. The molecule has 0 aliphatic carbocycles. The molecule has 0 spiro atoms. The largest absolute Gasteiger partial charge is 0.494 e. The van der Waals surface area contributed by atoms with Crippen molar-refractivity contribution in [3.05, 3.63) is 29.8 Å². The van der Waals surface area contributed by atoms with Gasteiger partial charge < -0.3 is 15.2 Å². The minimum absolute atomic E-state index is 0.0332. The number of ether oxygens (including phenoxy) is 2. The summed E-state index contributed by atoms with van der Waals surface area (Å²) in [4.78, 5) is 2.38. The van der Waals surface area contributed by atoms with E-state index >= 15 is 0 Å². The third kappa shape index (κ3) is 4.70. The van der Waals surface area contributed by atoms with Crippen LogP contribution in [0.5, 0.6) is 5.75 Å². The monoisotopic (exact) mass is 292 g/mol. The van der Waals surface area contributed by atoms with Crippen molar-refractivity contribution in [3.63, 3.8) is 0 Å². The Morgan fingerprint density at radius 1 is 1.38 bits per heavy atom. The van der Waals surface area contributed by atoms with Gasteiger partial charge >= 0.3 is 0 Å². The van der Waals surface area contributed by atoms with E-state index in [-0.39, 0.29) is 6.04 Å². The summed E-state index contributed by atoms with van der Waals surface area (Å²) >= 11 is 0. The van der Waals surface area contributed by atoms with Crippen molar-refractivity contribution >= 4 is 0 Å². The first-order valence-corrected chi connectivity index (χ1v) is 8.05. The number of para-hydroxylation sites is 1. The molecule has 0 aromatic heterocycles. The lowest BCUT2D eigenvalue weighted by atomic mass is 10.1. The van der Waals surface area contributed by atoms with E-state index in [1.165, 1.54) is 12.8 Å². The normalized spacial score (nSPS) is 19.9. The quantitative estimate of drug-likeness (QED) is 0.800. The molecule has 2 rings (SSSR count). The highest BCUT2D eigenvalue weighted by molar-refractivity contribution is 5.35. The molecule has 0 bridgehead atoms. The van der Waals surface area contributed by atoms with Crippen molar-refractivity contribution < 1.29 is 9.47 Å². The van der Waals surface area contributed by atoms with Crippen LogP contribution in [0.3, 0.4) is 0 Å². The van der Waals surface area contributed by atoms with E-state index in [2.05, 4.69) is 17.9 Å². The van der Waals surface area contributed by atoms with Gasteiger partial charge in [0.15, 0.2) is 0 Å². The first kappa shape index (κ1) is 16.3. The van der Waals surface area contributed by atoms with Gasteiger partial charge in [-0.05, 0) is 32.4 Å². The van der Waals surface area contributed by atoms with Crippen LogP contribution in [0.1, 0.15) is 38.3 Å². The highest BCUT2D eigenvalue weighted by Crippen LogP contribution is 2.24. The average molecular weight is 292 g/mol. The molecule has 0 amide bonds. The second-order valence-electron chi connectivity index (χ2n) is 5.56. The van der Waals surface area contributed by atoms with Crippen LogP contribution in [0.2, 0.25) is 0 Å². The highest BCUT2D eigenvalue weighted by atomic mass is 16.5. The van der Waals surface area contributed by atoms with Crippen molar-refractivity contribution in [1.82, 2.24) is 4.90 Å². The molecule has 2 unspecified atom stereocenters. The molecular formula is C17H28N2O2. The minimum Gasteiger partial charge on any atom is -0.494 e. The van der Waals surface area contributed by atoms with Crippen molar-refractivity contribution in [2.75, 3.05) is 32.8 Å². The topological polar surface area (TPSA) is 47.7 Å². The summed E-state index contributed by atoms with van der Waals surface area (Å²) in [6.07, 6.45) is 2.72. The van der Waals surface area contributed by atoms with Crippen molar-refractivity contribution in [1.29, 1.82) is 0 Å². The van der Waals surface area contributed by atoms with Gasteiger partial charge in [0.2, 0.25) is 0 Å². The van der Waals surface area contributed by atoms with E-state index in [0.717, 1.165) is 37.6 Å². The molecule has 4 nitrogen and oxygen atoms in total. The zero-order valence-corrected chi connectivity index (χ0v) is 13.3. The van der Waals surface area contributed by atoms with Gasteiger partial charge in [0.25, 0.3) is 0 Å². The fraction of sp³-hybridized carbons (Fsp3) is 0.647. The van der Waals surface area contributed by atoms with Crippen LogP contribution in [0.15, 0.2) is 24.3 Å². The molecule has 0 radical (unpaired) electrons. The van der Waals surface area contributed by atoms with E-state index in [1.807, 2.05) is 25.1 Å². The van der Waals surface area contributed by atoms with Gasteiger partial charge in [-0.2, -0.15) is 0 Å². The lowest BCUT2D eigenvalue weighted by Crippen LogP contribution is -2.37. The van der Waals surface area contributed by atoms with Crippen LogP contribution >= 0.6 is 0 Å². The predicted molar refractivity (Wildman–Crippen MR) is 85.6 cm³/mol. The molecule has 4 heteroatoms. The molecule has 1 fully saturated rings. The summed E-state index contributed by atoms with van der Waals surface area (Å²) in [6.45, 7) is 8.54. The molecule has 1 aliphatic rings. The fourth-order valence-electron chi connectivity index (χ4n) is 2.86. The van der Waals surface area contributed by atoms with Crippen LogP contribution in [0.4, 0.5) is 0 Å². The smallest absolute Gasteiger partial charge is 0.124 e. The summed E-state index contributed by atoms with van der Waals surface area (Å²) in [6, 6.07) is 8.04. The number of nitrogens with two attached hydrogens (primary N) is 1. The van der Waals surface area contributed by atoms with E-state index in [0.29, 0.717) is 12.7 Å². The van der Waals surface area contributed by atoms with Gasteiger partial charge in [-0.15, -0.1) is 0 Å². The van der Waals surface area contributed by atoms with Crippen LogP contribution in [-0.4, -0.2) is 43.9 Å². The molecule has 1 saturated heterocycles. The number of likely N-dealkylation sites (N-methyl/N-ethyl adjacent to an activating group) is 1. The van der Waals surface area contributed by atoms with Crippen LogP contribution < -0.4 is 10.5 Å². The van der Waals surface area contributed by atoms with Gasteiger partial charge in [0.1, 0.15) is 5.75 Å². The SMILES string of the molecule is CCOc1ccccc1C(N)CN(CC)CC1CCCO1. The lowest BCUT2D eigenvalue weighted by Gasteiger charge is -2.27. The molecule has 1 aromatic carbocycles. The molecule has 118 valence electrons. The molecular weight excluding hydrogens is 264 g/mol. The maximum absolute atomic E-state index is 6.41. The van der Waals surface area contributed by atoms with E-state index < -0.39 is 0 Å². The van der Waals surface area contributed by atoms with Crippen molar-refractivity contribution in [3.8, 4) is 5.75 Å². The summed E-state index contributed by atoms with van der Waals surface area (Å²) in [7, 11) is 0. The number of rotatable bonds is 8. The van der Waals surface area contributed by atoms with Crippen molar-refractivity contribution in [2.45, 2.75) is 38.8 Å². The zero-order valence-electron chi connectivity index (χ0n) is 13.3. The predicted octanol–water partition coefficient (Wildman–Crippen LogP) is 2.59. The summed E-state index contributed by atoms with van der Waals surface area (Å²) in [5.41, 5.74) is 7.50. The van der Waals surface area contributed by atoms with E-state index in [4.69, 9.17) is 15.2 Å². The summed E-state index contributed by atoms with van der Waals surface area (Å²) < 4.78 is 11.4. The Bertz CT molecular complexity index is 419. The fourth-order valence-corrected chi connectivity index (χ4v) is 2.86. The van der Waals surface area contributed by atoms with Crippen LogP contribution in [0, 0.1) is 0 Å². The maximum atomic E-state index is 6.41. The molecule has 1 aliphatic heterocycles. The molecule has 2 atom stereocenters. The first-order chi connectivity index (χ1) is 10.2. The number of benzene rings is 1. The number of hydrogen-bond acceptors (Lipinski definition) is 4. The maximum Gasteiger partial charge on any atom is 0.124 e. The van der Waals surface area contributed by atoms with Gasteiger partial charge in [-0.1, -0.05) is 25.1 Å². The standard InChI is InChI=1S/C17H28N2O2/c1-3-19(12-14-8-7-11-21-14)13-16(18)15-9-5-6-10-17(15)20-4-2/h5-6,9-10,14,16H,3-4,7-8,11-13,18H2,1-2H3. The Hall–Kier alpha value is -1.10. The van der Waals surface area contributed by atoms with Gasteiger partial charge in [-0.25, -0.2) is 0 Å². The van der Waals surface area contributed by atoms with Crippen molar-refractivity contribution in [2.24, 2.45) is 5.73 Å². The third-order valence-corrected chi connectivity index (χ3v) is 4.01. The first-order valence-electron chi connectivity index (χ1n) is 8.05. The van der Waals surface area contributed by atoms with Crippen LogP contribution in [0.25, 0.3) is 0 Å². The molecule has 0 saturated carbocycles. The summed E-state index contributed by atoms with van der Waals surface area (Å²) in [5.74, 6) is 0.903. The minimum atomic E-state index is -0.0332. The van der Waals surface area contributed by atoms with E-state index in [1.54, 1.807) is 0 Å². The van der Waals surface area contributed by atoms with Gasteiger partial charge in [0.05, 0.1) is 12.7 Å². The zero-order chi connectivity index (χ0) is 15.1. The summed E-state index contributed by atoms with van der Waals surface area (Å²) in [5, 5.41) is 0. The number of hydrogen-bond donors (Lipinski definition) is 1. The van der Waals surface area contributed by atoms with Gasteiger partial charge in [-0.3, -0.25) is 4.90 Å². The van der Waals surface area contributed by atoms with Gasteiger partial charge in [0, 0.05) is 31.3 Å². The second-order valence-corrected chi connectivity index (χ2v) is 5.56. The Labute approximate surface area is 128 Å². The molecule has 1 aromatic rings. The second kappa shape index (κ2) is 8.37. The van der Waals surface area contributed by atoms with E-state index in [9.17, 15) is 0 Å². The Morgan fingerprint density at radius 3 is 2.86 bits per heavy atom. The third-order valence-electron chi connectivity index (χ3n) is 4.01. The molecule has 21 heavy (non-hydrogen) atoms. The lowest BCUT2D eigenvalue weighted by molar-refractivity contribution is 0.0728. The highest BCUT2D eigenvalue weighted by Gasteiger charge is 2.21. The Balaban J connectivity index is 1.96. The Morgan fingerprint density at radius 2 is 2.19 bits per heavy atom. The Kier molecular flexibility index (Phi) is 6.49. The van der Waals surface area contributed by atoms with Crippen LogP contribution in [-0.2, 0) is 4.74 Å².